The molecule has 0 aromatic heterocycles. The predicted octanol–water partition coefficient (Wildman–Crippen LogP) is 3.50. The second-order valence-electron chi connectivity index (χ2n) is 1.84. The van der Waals surface area contributed by atoms with Gasteiger partial charge in [0.05, 0.1) is 0 Å². The monoisotopic (exact) mass is 414 g/mol. The maximum atomic E-state index is 10.4. The Balaban J connectivity index is 3.69. The fraction of sp³-hybridized carbons (Fsp3) is 0.800. The number of alkyl halides is 4. The number of ether oxygens (including phenoxy) is 1. The lowest BCUT2D eigenvalue weighted by Crippen LogP contribution is -2.15. The van der Waals surface area contributed by atoms with Crippen molar-refractivity contribution in [1.29, 1.82) is 0 Å². The number of hydrogen-bond donors (Lipinski definition) is 0. The van der Waals surface area contributed by atoms with E-state index >= 15 is 0 Å². The van der Waals surface area contributed by atoms with Crippen molar-refractivity contribution in [3.8, 4) is 0 Å². The van der Waals surface area contributed by atoms with Crippen LogP contribution in [0.4, 0.5) is 0 Å². The van der Waals surface area contributed by atoms with Crippen LogP contribution in [-0.4, -0.2) is 13.1 Å². The standard InChI is InChI=1S/C5H6Br4O2/c1-3(10)11-4(6)2-5(7,8)9/h4H,2H2,1H3. The van der Waals surface area contributed by atoms with Gasteiger partial charge in [-0.1, -0.05) is 47.8 Å². The van der Waals surface area contributed by atoms with Crippen LogP contribution in [0.15, 0.2) is 0 Å². The van der Waals surface area contributed by atoms with E-state index in [2.05, 4.69) is 63.7 Å². The molecule has 0 aromatic carbocycles. The minimum absolute atomic E-state index is 0.293. The third kappa shape index (κ3) is 9.30. The van der Waals surface area contributed by atoms with Crippen molar-refractivity contribution in [3.63, 3.8) is 0 Å². The number of rotatable bonds is 2. The van der Waals surface area contributed by atoms with Crippen LogP contribution in [-0.2, 0) is 9.53 Å². The van der Waals surface area contributed by atoms with Gasteiger partial charge in [0.25, 0.3) is 0 Å². The topological polar surface area (TPSA) is 26.3 Å². The SMILES string of the molecule is CC(=O)OC(Br)CC(Br)(Br)Br. The largest absolute Gasteiger partial charge is 0.451 e. The molecule has 0 saturated carbocycles. The van der Waals surface area contributed by atoms with Gasteiger partial charge in [-0.15, -0.1) is 0 Å². The molecule has 0 aliphatic rings. The van der Waals surface area contributed by atoms with Crippen molar-refractivity contribution in [3.05, 3.63) is 0 Å². The molecular formula is C5H6Br4O2. The molecule has 0 rings (SSSR count). The summed E-state index contributed by atoms with van der Waals surface area (Å²) >= 11 is 13.0. The van der Waals surface area contributed by atoms with Gasteiger partial charge in [-0.3, -0.25) is 4.79 Å². The third-order valence-corrected chi connectivity index (χ3v) is 2.17. The second kappa shape index (κ2) is 5.19. The van der Waals surface area contributed by atoms with E-state index in [1.165, 1.54) is 6.92 Å². The summed E-state index contributed by atoms with van der Waals surface area (Å²) in [5.74, 6) is -0.302. The Morgan fingerprint density at radius 1 is 1.55 bits per heavy atom. The lowest BCUT2D eigenvalue weighted by atomic mass is 10.5. The maximum absolute atomic E-state index is 10.4. The van der Waals surface area contributed by atoms with Crippen molar-refractivity contribution in [1.82, 2.24) is 0 Å². The Bertz CT molecular complexity index is 142. The first-order valence-corrected chi connectivity index (χ1v) is 5.99. The van der Waals surface area contributed by atoms with Crippen molar-refractivity contribution < 1.29 is 9.53 Å². The lowest BCUT2D eigenvalue weighted by molar-refractivity contribution is -0.142. The molecule has 0 radical (unpaired) electrons. The first-order valence-electron chi connectivity index (χ1n) is 2.69. The number of carbonyl (C=O) groups excluding carboxylic acids is 1. The molecule has 6 heteroatoms. The lowest BCUT2D eigenvalue weighted by Gasteiger charge is -2.16. The van der Waals surface area contributed by atoms with Gasteiger partial charge in [0.15, 0.2) is 5.01 Å². The summed E-state index contributed by atoms with van der Waals surface area (Å²) in [5.41, 5.74) is 0. The molecule has 0 spiro atoms. The van der Waals surface area contributed by atoms with E-state index in [0.29, 0.717) is 6.42 Å². The van der Waals surface area contributed by atoms with E-state index in [0.717, 1.165) is 0 Å². The van der Waals surface area contributed by atoms with Gasteiger partial charge in [-0.2, -0.15) is 0 Å². The van der Waals surface area contributed by atoms with Crippen LogP contribution in [0, 0.1) is 0 Å². The number of halogens is 4. The van der Waals surface area contributed by atoms with E-state index in [4.69, 9.17) is 4.74 Å². The zero-order chi connectivity index (χ0) is 9.07. The summed E-state index contributed by atoms with van der Waals surface area (Å²) in [5, 5.41) is -0.293. The van der Waals surface area contributed by atoms with E-state index in [1.807, 2.05) is 0 Å². The van der Waals surface area contributed by atoms with Gasteiger partial charge >= 0.3 is 5.97 Å². The molecule has 0 heterocycles. The summed E-state index contributed by atoms with van der Waals surface area (Å²) in [4.78, 5) is 10.4. The first-order chi connectivity index (χ1) is 4.81. The van der Waals surface area contributed by atoms with Crippen molar-refractivity contribution in [2.24, 2.45) is 0 Å². The summed E-state index contributed by atoms with van der Waals surface area (Å²) in [7, 11) is 0. The summed E-state index contributed by atoms with van der Waals surface area (Å²) < 4.78 is 4.44. The molecule has 0 bridgehead atoms. The van der Waals surface area contributed by atoms with Crippen molar-refractivity contribution >= 4 is 69.7 Å². The van der Waals surface area contributed by atoms with Gasteiger partial charge in [0.2, 0.25) is 0 Å². The van der Waals surface area contributed by atoms with E-state index < -0.39 is 0 Å². The average Bonchev–Trinajstić information content (AvgIpc) is 1.53. The number of hydrogen-bond acceptors (Lipinski definition) is 2. The predicted molar refractivity (Wildman–Crippen MR) is 58.6 cm³/mol. The van der Waals surface area contributed by atoms with Crippen LogP contribution >= 0.6 is 63.7 Å². The minimum Gasteiger partial charge on any atom is -0.451 e. The zero-order valence-corrected chi connectivity index (χ0v) is 12.0. The molecule has 66 valence electrons. The number of carbonyl (C=O) groups is 1. The molecule has 0 aliphatic carbocycles. The Morgan fingerprint density at radius 3 is 2.27 bits per heavy atom. The van der Waals surface area contributed by atoms with Crippen molar-refractivity contribution in [2.75, 3.05) is 0 Å². The summed E-state index contributed by atoms with van der Waals surface area (Å²) in [6, 6.07) is 0. The van der Waals surface area contributed by atoms with E-state index in [1.54, 1.807) is 0 Å². The van der Waals surface area contributed by atoms with Gasteiger partial charge in [-0.25, -0.2) is 0 Å². The highest BCUT2D eigenvalue weighted by atomic mass is 80.0. The number of esters is 1. The molecule has 2 nitrogen and oxygen atoms in total. The van der Waals surface area contributed by atoms with E-state index in [-0.39, 0.29) is 13.1 Å². The van der Waals surface area contributed by atoms with E-state index in [9.17, 15) is 4.79 Å². The minimum atomic E-state index is -0.378. The smallest absolute Gasteiger partial charge is 0.303 e. The molecule has 0 aliphatic heterocycles. The molecule has 11 heavy (non-hydrogen) atoms. The third-order valence-electron chi connectivity index (χ3n) is 0.686. The zero-order valence-electron chi connectivity index (χ0n) is 5.61. The van der Waals surface area contributed by atoms with Crippen LogP contribution in [0.3, 0.4) is 0 Å². The van der Waals surface area contributed by atoms with Gasteiger partial charge < -0.3 is 4.74 Å². The van der Waals surface area contributed by atoms with Crippen LogP contribution in [0.5, 0.6) is 0 Å². The second-order valence-corrected chi connectivity index (χ2v) is 10.1. The van der Waals surface area contributed by atoms with Crippen LogP contribution in [0.2, 0.25) is 0 Å². The van der Waals surface area contributed by atoms with Gasteiger partial charge in [0.1, 0.15) is 2.14 Å². The van der Waals surface area contributed by atoms with Gasteiger partial charge in [-0.05, 0) is 15.9 Å². The maximum Gasteiger partial charge on any atom is 0.303 e. The molecular weight excluding hydrogens is 412 g/mol. The molecule has 0 fully saturated rings. The highest BCUT2D eigenvalue weighted by molar-refractivity contribution is 9.39. The Hall–Kier alpha value is 1.39. The molecule has 0 N–H and O–H groups in total. The summed E-state index contributed by atoms with van der Waals surface area (Å²) in [6.45, 7) is 1.37. The molecule has 0 amide bonds. The Labute approximate surface area is 98.9 Å². The van der Waals surface area contributed by atoms with Crippen molar-refractivity contribution in [2.45, 2.75) is 20.5 Å². The Morgan fingerprint density at radius 2 is 2.00 bits per heavy atom. The highest BCUT2D eigenvalue weighted by Gasteiger charge is 2.23. The van der Waals surface area contributed by atoms with Gasteiger partial charge in [0, 0.05) is 13.3 Å². The fourth-order valence-corrected chi connectivity index (χ4v) is 3.34. The fourth-order valence-electron chi connectivity index (χ4n) is 0.404. The highest BCUT2D eigenvalue weighted by Crippen LogP contribution is 2.39. The normalized spacial score (nSPS) is 14.3. The molecule has 1 atom stereocenters. The quantitative estimate of drug-likeness (QED) is 0.508. The molecule has 0 aromatic rings. The van der Waals surface area contributed by atoms with Crippen LogP contribution in [0.1, 0.15) is 13.3 Å². The summed E-state index contributed by atoms with van der Waals surface area (Å²) in [6.07, 6.45) is 0.576. The molecule has 0 saturated heterocycles. The molecule has 1 unspecified atom stereocenters. The first kappa shape index (κ1) is 12.4. The average molecular weight is 418 g/mol. The van der Waals surface area contributed by atoms with Crippen LogP contribution in [0.25, 0.3) is 0 Å². The Kier molecular flexibility index (Phi) is 5.85. The van der Waals surface area contributed by atoms with Crippen LogP contribution < -0.4 is 0 Å².